The monoisotopic (exact) mass is 270 g/mol. The van der Waals surface area contributed by atoms with Crippen molar-refractivity contribution in [3.8, 4) is 5.75 Å². The lowest BCUT2D eigenvalue weighted by Gasteiger charge is -2.41. The molecule has 2 heteroatoms. The third-order valence-electron chi connectivity index (χ3n) is 5.81. The van der Waals surface area contributed by atoms with Gasteiger partial charge >= 0.3 is 0 Å². The van der Waals surface area contributed by atoms with Gasteiger partial charge in [0.1, 0.15) is 5.75 Å². The summed E-state index contributed by atoms with van der Waals surface area (Å²) < 4.78 is 0. The molecule has 0 aliphatic heterocycles. The molecule has 2 N–H and O–H groups in total. The van der Waals surface area contributed by atoms with E-state index >= 15 is 0 Å². The first kappa shape index (κ1) is 12.5. The van der Waals surface area contributed by atoms with Crippen LogP contribution in [0, 0.1) is 5.41 Å². The number of benzene rings is 1. The van der Waals surface area contributed by atoms with E-state index in [0.29, 0.717) is 11.7 Å². The zero-order chi connectivity index (χ0) is 13.9. The van der Waals surface area contributed by atoms with Gasteiger partial charge in [-0.3, -0.25) is 0 Å². The fourth-order valence-corrected chi connectivity index (χ4v) is 4.90. The average Bonchev–Trinajstić information content (AvgIpc) is 2.72. The molecule has 1 aromatic carbocycles. The Labute approximate surface area is 120 Å². The van der Waals surface area contributed by atoms with Crippen molar-refractivity contribution < 1.29 is 10.2 Å². The summed E-state index contributed by atoms with van der Waals surface area (Å²) in [4.78, 5) is 0. The molecule has 2 nitrogen and oxygen atoms in total. The molecular weight excluding hydrogens is 248 g/mol. The van der Waals surface area contributed by atoms with Crippen molar-refractivity contribution >= 4 is 0 Å². The van der Waals surface area contributed by atoms with Crippen molar-refractivity contribution in [2.45, 2.75) is 57.5 Å². The fourth-order valence-electron chi connectivity index (χ4n) is 4.90. The summed E-state index contributed by atoms with van der Waals surface area (Å²) in [6.45, 7) is 2.34. The maximum atomic E-state index is 10.1. The molecule has 3 aliphatic carbocycles. The molecule has 1 fully saturated rings. The lowest BCUT2D eigenvalue weighted by molar-refractivity contribution is 0.159. The second kappa shape index (κ2) is 4.11. The Balaban J connectivity index is 1.83. The number of aryl methyl sites for hydroxylation is 1. The van der Waals surface area contributed by atoms with Gasteiger partial charge in [-0.1, -0.05) is 24.1 Å². The molecule has 20 heavy (non-hydrogen) atoms. The Bertz CT molecular complexity index is 601. The highest BCUT2D eigenvalue weighted by atomic mass is 16.3. The number of aliphatic hydroxyl groups is 1. The summed E-state index contributed by atoms with van der Waals surface area (Å²) in [5.41, 5.74) is 6.15. The largest absolute Gasteiger partial charge is 0.508 e. The predicted molar refractivity (Wildman–Crippen MR) is 78.8 cm³/mol. The number of hydrogen-bond donors (Lipinski definition) is 2. The van der Waals surface area contributed by atoms with E-state index in [9.17, 15) is 10.2 Å². The molecule has 3 atom stereocenters. The maximum Gasteiger partial charge on any atom is 0.115 e. The molecule has 0 spiro atoms. The number of fused-ring (bicyclic) bond motifs is 4. The molecule has 0 heterocycles. The number of rotatable bonds is 0. The first-order valence-electron chi connectivity index (χ1n) is 7.79. The molecular formula is C18H22O2. The van der Waals surface area contributed by atoms with Crippen LogP contribution in [0.25, 0.3) is 0 Å². The Morgan fingerprint density at radius 3 is 2.95 bits per heavy atom. The van der Waals surface area contributed by atoms with E-state index in [1.807, 2.05) is 12.1 Å². The first-order valence-corrected chi connectivity index (χ1v) is 7.79. The number of aliphatic hydroxyl groups excluding tert-OH is 1. The summed E-state index contributed by atoms with van der Waals surface area (Å²) >= 11 is 0. The predicted octanol–water partition coefficient (Wildman–Crippen LogP) is 3.67. The maximum absolute atomic E-state index is 10.1. The SMILES string of the molecule is CC12CCC3C(=C1C[C@@H](O)C2)CCc1cc(O)ccc13. The molecule has 0 bridgehead atoms. The smallest absolute Gasteiger partial charge is 0.115 e. The molecule has 0 saturated heterocycles. The van der Waals surface area contributed by atoms with E-state index in [4.69, 9.17) is 0 Å². The van der Waals surface area contributed by atoms with E-state index in [0.717, 1.165) is 25.7 Å². The van der Waals surface area contributed by atoms with Crippen LogP contribution in [0.1, 0.15) is 56.1 Å². The van der Waals surface area contributed by atoms with Gasteiger partial charge in [0, 0.05) is 5.92 Å². The number of hydrogen-bond acceptors (Lipinski definition) is 2. The fraction of sp³-hybridized carbons (Fsp3) is 0.556. The van der Waals surface area contributed by atoms with Gasteiger partial charge in [0.05, 0.1) is 6.10 Å². The molecule has 4 rings (SSSR count). The minimum Gasteiger partial charge on any atom is -0.508 e. The topological polar surface area (TPSA) is 40.5 Å². The zero-order valence-electron chi connectivity index (χ0n) is 12.0. The Kier molecular flexibility index (Phi) is 2.56. The van der Waals surface area contributed by atoms with Crippen LogP contribution in [0.4, 0.5) is 0 Å². The molecule has 1 aromatic rings. The highest BCUT2D eigenvalue weighted by Crippen LogP contribution is 2.57. The van der Waals surface area contributed by atoms with Crippen LogP contribution in [-0.2, 0) is 6.42 Å². The van der Waals surface area contributed by atoms with E-state index in [2.05, 4.69) is 13.0 Å². The van der Waals surface area contributed by atoms with Crippen LogP contribution in [-0.4, -0.2) is 16.3 Å². The third-order valence-corrected chi connectivity index (χ3v) is 5.81. The van der Waals surface area contributed by atoms with Gasteiger partial charge in [-0.15, -0.1) is 0 Å². The summed E-state index contributed by atoms with van der Waals surface area (Å²) in [7, 11) is 0. The number of phenolic OH excluding ortho intramolecular Hbond substituents is 1. The van der Waals surface area contributed by atoms with Gasteiger partial charge in [-0.05, 0) is 67.2 Å². The number of allylic oxidation sites excluding steroid dienone is 1. The molecule has 1 saturated carbocycles. The van der Waals surface area contributed by atoms with Crippen LogP contribution in [0.5, 0.6) is 5.75 Å². The van der Waals surface area contributed by atoms with E-state index < -0.39 is 0 Å². The molecule has 0 radical (unpaired) electrons. The van der Waals surface area contributed by atoms with Crippen LogP contribution in [0.3, 0.4) is 0 Å². The molecule has 3 aliphatic rings. The standard InChI is InChI=1S/C18H22O2/c1-18-7-6-15-14-5-3-12(19)8-11(14)2-4-16(15)17(18)9-13(20)10-18/h3,5,8,13,15,19-20H,2,4,6-7,9-10H2,1H3/t13-,15?,18?/m1/s1. The second-order valence-electron chi connectivity index (χ2n) is 7.10. The highest BCUT2D eigenvalue weighted by molar-refractivity contribution is 5.48. The normalized spacial score (nSPS) is 35.5. The van der Waals surface area contributed by atoms with E-state index in [1.54, 1.807) is 11.1 Å². The van der Waals surface area contributed by atoms with Crippen molar-refractivity contribution in [1.29, 1.82) is 0 Å². The van der Waals surface area contributed by atoms with Crippen LogP contribution < -0.4 is 0 Å². The third kappa shape index (κ3) is 1.67. The molecule has 2 unspecified atom stereocenters. The van der Waals surface area contributed by atoms with Crippen molar-refractivity contribution in [3.63, 3.8) is 0 Å². The Hall–Kier alpha value is -1.28. The lowest BCUT2D eigenvalue weighted by Crippen LogP contribution is -2.27. The molecule has 0 aromatic heterocycles. The minimum atomic E-state index is -0.137. The Morgan fingerprint density at radius 2 is 2.10 bits per heavy atom. The van der Waals surface area contributed by atoms with Crippen LogP contribution in [0.2, 0.25) is 0 Å². The van der Waals surface area contributed by atoms with Crippen molar-refractivity contribution in [2.75, 3.05) is 0 Å². The van der Waals surface area contributed by atoms with Gasteiger partial charge in [0.2, 0.25) is 0 Å². The second-order valence-corrected chi connectivity index (χ2v) is 7.10. The van der Waals surface area contributed by atoms with E-state index in [-0.39, 0.29) is 11.5 Å². The zero-order valence-corrected chi connectivity index (χ0v) is 12.0. The summed E-state index contributed by atoms with van der Waals surface area (Å²) in [6, 6.07) is 5.88. The summed E-state index contributed by atoms with van der Waals surface area (Å²) in [5, 5.41) is 19.7. The van der Waals surface area contributed by atoms with E-state index in [1.165, 1.54) is 24.0 Å². The van der Waals surface area contributed by atoms with Gasteiger partial charge < -0.3 is 10.2 Å². The van der Waals surface area contributed by atoms with Crippen LogP contribution >= 0.6 is 0 Å². The molecule has 0 amide bonds. The summed E-state index contributed by atoms with van der Waals surface area (Å²) in [5.74, 6) is 0.921. The minimum absolute atomic E-state index is 0.137. The average molecular weight is 270 g/mol. The van der Waals surface area contributed by atoms with Crippen molar-refractivity contribution in [2.24, 2.45) is 5.41 Å². The molecule has 106 valence electrons. The summed E-state index contributed by atoms with van der Waals surface area (Å²) in [6.07, 6.45) is 6.22. The van der Waals surface area contributed by atoms with Gasteiger partial charge in [-0.25, -0.2) is 0 Å². The van der Waals surface area contributed by atoms with Gasteiger partial charge in [0.15, 0.2) is 0 Å². The number of aromatic hydroxyl groups is 1. The highest BCUT2D eigenvalue weighted by Gasteiger charge is 2.45. The quantitative estimate of drug-likeness (QED) is 0.706. The first-order chi connectivity index (χ1) is 9.57. The number of phenols is 1. The van der Waals surface area contributed by atoms with Gasteiger partial charge in [-0.2, -0.15) is 0 Å². The van der Waals surface area contributed by atoms with Crippen molar-refractivity contribution in [1.82, 2.24) is 0 Å². The Morgan fingerprint density at radius 1 is 1.25 bits per heavy atom. The lowest BCUT2D eigenvalue weighted by atomic mass is 9.64. The van der Waals surface area contributed by atoms with Crippen LogP contribution in [0.15, 0.2) is 29.3 Å². The van der Waals surface area contributed by atoms with Gasteiger partial charge in [0.25, 0.3) is 0 Å². The van der Waals surface area contributed by atoms with Crippen molar-refractivity contribution in [3.05, 3.63) is 40.5 Å².